The van der Waals surface area contributed by atoms with E-state index in [2.05, 4.69) is 9.85 Å². The lowest BCUT2D eigenvalue weighted by atomic mass is 10.2. The monoisotopic (exact) mass is 194 g/mol. The Kier molecular flexibility index (Phi) is 1.99. The predicted octanol–water partition coefficient (Wildman–Crippen LogP) is 2.16. The molecule has 0 bridgehead atoms. The van der Waals surface area contributed by atoms with Gasteiger partial charge in [0.25, 0.3) is 0 Å². The lowest BCUT2D eigenvalue weighted by Crippen LogP contribution is -1.86. The highest BCUT2D eigenvalue weighted by Gasteiger charge is 2.11. The van der Waals surface area contributed by atoms with E-state index in [0.717, 1.165) is 5.56 Å². The largest absolute Gasteiger partial charge is 0.611 e. The van der Waals surface area contributed by atoms with Crippen LogP contribution >= 0.6 is 7.73 Å². The standard InChI is InChI=1S/C8H9N3OP/c1-11-9-8(10-13(11)12)7-5-3-2-4-6-7/h2-6H,1H3,(H,9,10,12)/q+1. The highest BCUT2D eigenvalue weighted by Crippen LogP contribution is 2.18. The maximum atomic E-state index is 11.2. The molecule has 0 saturated heterocycles. The lowest BCUT2D eigenvalue weighted by Gasteiger charge is -1.89. The number of nitrogens with zero attached hydrogens (tertiary/aromatic N) is 2. The van der Waals surface area contributed by atoms with Crippen LogP contribution in [0.4, 0.5) is 0 Å². The Bertz CT molecular complexity index is 460. The quantitative estimate of drug-likeness (QED) is 0.756. The molecule has 1 unspecified atom stereocenters. The third kappa shape index (κ3) is 1.53. The summed E-state index contributed by atoms with van der Waals surface area (Å²) in [7, 11) is 0.123. The number of hydrogen-bond donors (Lipinski definition) is 1. The topological polar surface area (TPSA) is 50.7 Å². The second kappa shape index (κ2) is 3.15. The minimum atomic E-state index is -1.56. The molecular weight excluding hydrogens is 185 g/mol. The van der Waals surface area contributed by atoms with Gasteiger partial charge >= 0.3 is 7.73 Å². The normalized spacial score (nSPS) is 11.6. The maximum Gasteiger partial charge on any atom is 0.611 e. The SMILES string of the molecule is Cn1nc(-c2ccccc2)[nH][p+]1=O. The maximum absolute atomic E-state index is 11.2. The van der Waals surface area contributed by atoms with Crippen LogP contribution in [0.5, 0.6) is 0 Å². The molecular formula is C8H9N3OP+. The smallest absolute Gasteiger partial charge is 0.135 e. The van der Waals surface area contributed by atoms with Gasteiger partial charge in [-0.3, -0.25) is 0 Å². The molecule has 66 valence electrons. The number of nitrogens with one attached hydrogen (secondary N) is 1. The lowest BCUT2D eigenvalue weighted by molar-refractivity contribution is 0.585. The molecule has 5 heteroatoms. The molecule has 0 fully saturated rings. The zero-order chi connectivity index (χ0) is 9.26. The van der Waals surface area contributed by atoms with Crippen LogP contribution in [0.2, 0.25) is 0 Å². The average Bonchev–Trinajstić information content (AvgIpc) is 2.49. The predicted molar refractivity (Wildman–Crippen MR) is 50.6 cm³/mol. The first kappa shape index (κ1) is 8.20. The molecule has 1 N–H and O–H groups in total. The van der Waals surface area contributed by atoms with Gasteiger partial charge in [-0.15, -0.1) is 9.85 Å². The number of aromatic nitrogens is 3. The molecule has 1 atom stereocenters. The van der Waals surface area contributed by atoms with Crippen molar-refractivity contribution in [1.82, 2.24) is 14.3 Å². The second-order valence-electron chi connectivity index (χ2n) is 2.69. The van der Waals surface area contributed by atoms with Crippen molar-refractivity contribution in [3.63, 3.8) is 0 Å². The van der Waals surface area contributed by atoms with Gasteiger partial charge in [-0.05, 0) is 4.57 Å². The Labute approximate surface area is 76.1 Å². The number of hydrogen-bond acceptors (Lipinski definition) is 2. The molecule has 4 nitrogen and oxygen atoms in total. The van der Waals surface area contributed by atoms with Crippen molar-refractivity contribution in [3.8, 4) is 11.4 Å². The van der Waals surface area contributed by atoms with Gasteiger partial charge in [0.2, 0.25) is 5.82 Å². The third-order valence-electron chi connectivity index (χ3n) is 1.76. The van der Waals surface area contributed by atoms with Gasteiger partial charge in [0, 0.05) is 5.56 Å². The Balaban J connectivity index is 2.54. The Morgan fingerprint density at radius 1 is 1.38 bits per heavy atom. The van der Waals surface area contributed by atoms with Crippen molar-refractivity contribution in [1.29, 1.82) is 0 Å². The number of rotatable bonds is 1. The zero-order valence-electron chi connectivity index (χ0n) is 7.14. The van der Waals surface area contributed by atoms with Gasteiger partial charge in [0.1, 0.15) is 0 Å². The summed E-state index contributed by atoms with van der Waals surface area (Å²) < 4.78 is 15.4. The number of aromatic amines is 1. The highest BCUT2D eigenvalue weighted by atomic mass is 31.1. The first-order valence-corrected chi connectivity index (χ1v) is 5.10. The van der Waals surface area contributed by atoms with Crippen LogP contribution in [-0.4, -0.2) is 14.3 Å². The van der Waals surface area contributed by atoms with Crippen LogP contribution in [0.25, 0.3) is 11.4 Å². The van der Waals surface area contributed by atoms with Crippen LogP contribution in [0.1, 0.15) is 0 Å². The summed E-state index contributed by atoms with van der Waals surface area (Å²) in [5.74, 6) is 0.671. The van der Waals surface area contributed by atoms with Crippen LogP contribution in [0.3, 0.4) is 0 Å². The molecule has 1 aromatic carbocycles. The Morgan fingerprint density at radius 3 is 2.62 bits per heavy atom. The van der Waals surface area contributed by atoms with Crippen molar-refractivity contribution in [3.05, 3.63) is 30.3 Å². The molecule has 13 heavy (non-hydrogen) atoms. The van der Waals surface area contributed by atoms with E-state index in [0.29, 0.717) is 5.82 Å². The molecule has 0 amide bonds. The zero-order valence-corrected chi connectivity index (χ0v) is 8.03. The molecule has 2 aromatic rings. The molecule has 1 aromatic heterocycles. The number of benzene rings is 1. The van der Waals surface area contributed by atoms with E-state index in [-0.39, 0.29) is 0 Å². The van der Waals surface area contributed by atoms with Crippen molar-refractivity contribution < 1.29 is 4.57 Å². The first-order valence-electron chi connectivity index (χ1n) is 3.89. The highest BCUT2D eigenvalue weighted by molar-refractivity contribution is 7.28. The van der Waals surface area contributed by atoms with Gasteiger partial charge in [0.05, 0.1) is 7.05 Å². The first-order chi connectivity index (χ1) is 6.27. The van der Waals surface area contributed by atoms with Gasteiger partial charge in [-0.1, -0.05) is 34.8 Å². The van der Waals surface area contributed by atoms with Crippen molar-refractivity contribution in [2.75, 3.05) is 0 Å². The summed E-state index contributed by atoms with van der Waals surface area (Å²) in [5, 5.41) is 4.09. The molecule has 0 radical (unpaired) electrons. The van der Waals surface area contributed by atoms with E-state index >= 15 is 0 Å². The van der Waals surface area contributed by atoms with Gasteiger partial charge in [-0.25, -0.2) is 0 Å². The average molecular weight is 194 g/mol. The minimum Gasteiger partial charge on any atom is -0.135 e. The summed E-state index contributed by atoms with van der Waals surface area (Å²) >= 11 is 0. The summed E-state index contributed by atoms with van der Waals surface area (Å²) in [5.41, 5.74) is 0.954. The van der Waals surface area contributed by atoms with Gasteiger partial charge in [0.15, 0.2) is 0 Å². The fourth-order valence-corrected chi connectivity index (χ4v) is 1.76. The third-order valence-corrected chi connectivity index (χ3v) is 2.77. The summed E-state index contributed by atoms with van der Waals surface area (Å²) in [6.07, 6.45) is 0. The molecule has 1 heterocycles. The summed E-state index contributed by atoms with van der Waals surface area (Å²) in [6.45, 7) is 0. The van der Waals surface area contributed by atoms with Crippen LogP contribution in [-0.2, 0) is 11.6 Å². The van der Waals surface area contributed by atoms with Crippen LogP contribution in [0, 0.1) is 0 Å². The molecule has 0 aliphatic rings. The van der Waals surface area contributed by atoms with E-state index in [1.54, 1.807) is 7.05 Å². The molecule has 0 spiro atoms. The minimum absolute atomic E-state index is 0.671. The van der Waals surface area contributed by atoms with Crippen molar-refractivity contribution >= 4 is 7.73 Å². The fourth-order valence-electron chi connectivity index (χ4n) is 1.09. The molecule has 0 aliphatic carbocycles. The van der Waals surface area contributed by atoms with Crippen LogP contribution < -0.4 is 0 Å². The molecule has 2 rings (SSSR count). The van der Waals surface area contributed by atoms with E-state index in [4.69, 9.17) is 0 Å². The van der Waals surface area contributed by atoms with Crippen molar-refractivity contribution in [2.45, 2.75) is 0 Å². The van der Waals surface area contributed by atoms with E-state index < -0.39 is 7.73 Å². The summed E-state index contributed by atoms with van der Waals surface area (Å²) in [4.78, 5) is 0. The van der Waals surface area contributed by atoms with Crippen LogP contribution in [0.15, 0.2) is 30.3 Å². The van der Waals surface area contributed by atoms with E-state index in [1.165, 1.54) is 4.44 Å². The van der Waals surface area contributed by atoms with Gasteiger partial charge in [-0.2, -0.15) is 0 Å². The Morgan fingerprint density at radius 2 is 2.08 bits per heavy atom. The molecule has 0 saturated carbocycles. The second-order valence-corrected chi connectivity index (χ2v) is 4.04. The fraction of sp³-hybridized carbons (Fsp3) is 0.125. The number of H-pyrrole nitrogens is 1. The summed E-state index contributed by atoms with van der Waals surface area (Å²) in [6, 6.07) is 9.63. The number of aryl methyl sites for hydroxylation is 1. The van der Waals surface area contributed by atoms with E-state index in [1.807, 2.05) is 30.3 Å². The van der Waals surface area contributed by atoms with Gasteiger partial charge < -0.3 is 0 Å². The Hall–Kier alpha value is -1.41. The molecule has 0 aliphatic heterocycles. The van der Waals surface area contributed by atoms with Crippen molar-refractivity contribution in [2.24, 2.45) is 7.05 Å². The van der Waals surface area contributed by atoms with E-state index in [9.17, 15) is 4.57 Å².